The minimum atomic E-state index is -1.01. The lowest BCUT2D eigenvalue weighted by Crippen LogP contribution is -2.38. The van der Waals surface area contributed by atoms with E-state index in [1.807, 2.05) is 0 Å². The maximum Gasteiger partial charge on any atom is 0.216 e. The van der Waals surface area contributed by atoms with E-state index >= 15 is 0 Å². The van der Waals surface area contributed by atoms with Gasteiger partial charge in [0.25, 0.3) is 0 Å². The van der Waals surface area contributed by atoms with Gasteiger partial charge in [-0.1, -0.05) is 35.8 Å². The molecular formula is C13H15Cl2N3O2. The summed E-state index contributed by atoms with van der Waals surface area (Å²) >= 11 is 12.2. The monoisotopic (exact) mass is 315 g/mol. The van der Waals surface area contributed by atoms with Crippen molar-refractivity contribution < 1.29 is 9.47 Å². The van der Waals surface area contributed by atoms with E-state index < -0.39 is 5.79 Å². The quantitative estimate of drug-likeness (QED) is 0.515. The molecule has 0 aromatic heterocycles. The summed E-state index contributed by atoms with van der Waals surface area (Å²) in [5, 5.41) is 6.51. The van der Waals surface area contributed by atoms with Crippen LogP contribution >= 0.6 is 23.2 Å². The second-order valence-corrected chi connectivity index (χ2v) is 4.96. The SMILES string of the molecule is C=CN(CC1(c2ccc(Cl)cc2Cl)OCCO1)/N=C\N. The largest absolute Gasteiger partial charge is 0.388 e. The molecule has 1 aromatic carbocycles. The van der Waals surface area contributed by atoms with Gasteiger partial charge >= 0.3 is 0 Å². The zero-order valence-electron chi connectivity index (χ0n) is 10.8. The van der Waals surface area contributed by atoms with Gasteiger partial charge in [-0.05, 0) is 12.1 Å². The van der Waals surface area contributed by atoms with Crippen LogP contribution in [0.4, 0.5) is 0 Å². The first-order valence-corrected chi connectivity index (χ1v) is 6.74. The zero-order chi connectivity index (χ0) is 14.6. The first kappa shape index (κ1) is 15.1. The number of hydrogen-bond acceptors (Lipinski definition) is 4. The average Bonchev–Trinajstić information content (AvgIpc) is 2.87. The number of ether oxygens (including phenoxy) is 2. The molecule has 0 atom stereocenters. The van der Waals surface area contributed by atoms with Crippen molar-refractivity contribution in [3.05, 3.63) is 46.6 Å². The van der Waals surface area contributed by atoms with E-state index in [2.05, 4.69) is 11.7 Å². The summed E-state index contributed by atoms with van der Waals surface area (Å²) in [7, 11) is 0. The Morgan fingerprint density at radius 1 is 1.40 bits per heavy atom. The molecule has 0 spiro atoms. The van der Waals surface area contributed by atoms with Crippen LogP contribution in [0.15, 0.2) is 36.1 Å². The number of nitrogens with zero attached hydrogens (tertiary/aromatic N) is 2. The van der Waals surface area contributed by atoms with Gasteiger partial charge in [-0.2, -0.15) is 5.10 Å². The highest BCUT2D eigenvalue weighted by Crippen LogP contribution is 2.37. The minimum Gasteiger partial charge on any atom is -0.388 e. The van der Waals surface area contributed by atoms with Crippen LogP contribution in [0.1, 0.15) is 5.56 Å². The van der Waals surface area contributed by atoms with Crippen molar-refractivity contribution in [2.75, 3.05) is 19.8 Å². The number of benzene rings is 1. The van der Waals surface area contributed by atoms with E-state index in [9.17, 15) is 0 Å². The van der Waals surface area contributed by atoms with Crippen molar-refractivity contribution in [1.82, 2.24) is 5.01 Å². The number of rotatable bonds is 5. The van der Waals surface area contributed by atoms with E-state index in [0.29, 0.717) is 28.8 Å². The molecule has 5 nitrogen and oxygen atoms in total. The summed E-state index contributed by atoms with van der Waals surface area (Å²) in [6, 6.07) is 5.17. The van der Waals surface area contributed by atoms with Gasteiger partial charge in [0.05, 0.1) is 24.8 Å². The van der Waals surface area contributed by atoms with Gasteiger partial charge in [0.1, 0.15) is 6.34 Å². The van der Waals surface area contributed by atoms with Crippen molar-refractivity contribution in [2.24, 2.45) is 10.8 Å². The van der Waals surface area contributed by atoms with Crippen LogP contribution in [0.25, 0.3) is 0 Å². The van der Waals surface area contributed by atoms with Crippen molar-refractivity contribution >= 4 is 29.5 Å². The highest BCUT2D eigenvalue weighted by Gasteiger charge is 2.41. The van der Waals surface area contributed by atoms with E-state index in [1.54, 1.807) is 18.2 Å². The first-order chi connectivity index (χ1) is 9.61. The fourth-order valence-electron chi connectivity index (χ4n) is 2.04. The maximum absolute atomic E-state index is 6.25. The Kier molecular flexibility index (Phi) is 4.88. The number of hydrogen-bond donors (Lipinski definition) is 1. The van der Waals surface area contributed by atoms with E-state index in [0.717, 1.165) is 0 Å². The molecule has 1 heterocycles. The molecule has 0 aliphatic carbocycles. The van der Waals surface area contributed by atoms with Crippen LogP contribution in [0.3, 0.4) is 0 Å². The normalized spacial score (nSPS) is 17.5. The van der Waals surface area contributed by atoms with Crippen LogP contribution in [-0.2, 0) is 15.3 Å². The van der Waals surface area contributed by atoms with Crippen molar-refractivity contribution in [2.45, 2.75) is 5.79 Å². The smallest absolute Gasteiger partial charge is 0.216 e. The highest BCUT2D eigenvalue weighted by molar-refractivity contribution is 6.35. The van der Waals surface area contributed by atoms with Gasteiger partial charge in [0.15, 0.2) is 0 Å². The van der Waals surface area contributed by atoms with E-state index in [1.165, 1.54) is 17.5 Å². The molecule has 1 aromatic rings. The lowest BCUT2D eigenvalue weighted by molar-refractivity contribution is -0.174. The third-order valence-electron chi connectivity index (χ3n) is 2.89. The number of hydrazone groups is 1. The molecule has 1 saturated heterocycles. The van der Waals surface area contributed by atoms with Crippen LogP contribution in [0.2, 0.25) is 10.0 Å². The Hall–Kier alpha value is -1.27. The average molecular weight is 316 g/mol. The fraction of sp³-hybridized carbons (Fsp3) is 0.308. The molecule has 0 saturated carbocycles. The summed E-state index contributed by atoms with van der Waals surface area (Å²) in [5.41, 5.74) is 6.00. The van der Waals surface area contributed by atoms with Gasteiger partial charge < -0.3 is 15.2 Å². The molecule has 2 rings (SSSR count). The Labute approximate surface area is 127 Å². The Balaban J connectivity index is 2.36. The summed E-state index contributed by atoms with van der Waals surface area (Å²) in [6.07, 6.45) is 2.70. The topological polar surface area (TPSA) is 60.1 Å². The molecule has 0 unspecified atom stereocenters. The van der Waals surface area contributed by atoms with Crippen molar-refractivity contribution in [1.29, 1.82) is 0 Å². The maximum atomic E-state index is 6.25. The lowest BCUT2D eigenvalue weighted by Gasteiger charge is -2.31. The molecule has 1 fully saturated rings. The van der Waals surface area contributed by atoms with Gasteiger partial charge in [0.2, 0.25) is 5.79 Å². The Morgan fingerprint density at radius 2 is 2.10 bits per heavy atom. The summed E-state index contributed by atoms with van der Waals surface area (Å²) in [6.45, 7) is 4.89. The predicted octanol–water partition coefficient (Wildman–Crippen LogP) is 2.54. The van der Waals surface area contributed by atoms with Crippen LogP contribution < -0.4 is 5.73 Å². The predicted molar refractivity (Wildman–Crippen MR) is 79.6 cm³/mol. The van der Waals surface area contributed by atoms with Gasteiger partial charge in [-0.25, -0.2) is 0 Å². The molecule has 108 valence electrons. The fourth-order valence-corrected chi connectivity index (χ4v) is 2.59. The highest BCUT2D eigenvalue weighted by atomic mass is 35.5. The standard InChI is InChI=1S/C13H15Cl2N3O2/c1-2-18(17-9-16)8-13(19-5-6-20-13)11-4-3-10(14)7-12(11)15/h2-4,7,9H,1,5-6,8H2,(H2,16,17). The number of halogens is 2. The van der Waals surface area contributed by atoms with Crippen molar-refractivity contribution in [3.63, 3.8) is 0 Å². The van der Waals surface area contributed by atoms with Gasteiger partial charge in [0, 0.05) is 16.8 Å². The van der Waals surface area contributed by atoms with Crippen molar-refractivity contribution in [3.8, 4) is 0 Å². The molecule has 20 heavy (non-hydrogen) atoms. The second-order valence-electron chi connectivity index (χ2n) is 4.12. The zero-order valence-corrected chi connectivity index (χ0v) is 12.3. The molecule has 0 radical (unpaired) electrons. The Morgan fingerprint density at radius 3 is 2.65 bits per heavy atom. The molecule has 7 heteroatoms. The molecule has 0 amide bonds. The molecule has 0 bridgehead atoms. The van der Waals surface area contributed by atoms with Gasteiger partial charge in [-0.15, -0.1) is 0 Å². The first-order valence-electron chi connectivity index (χ1n) is 5.98. The minimum absolute atomic E-state index is 0.283. The third kappa shape index (κ3) is 3.07. The second kappa shape index (κ2) is 6.45. The summed E-state index contributed by atoms with van der Waals surface area (Å²) < 4.78 is 11.5. The van der Waals surface area contributed by atoms with Crippen LogP contribution in [0, 0.1) is 0 Å². The molecule has 2 N–H and O–H groups in total. The summed E-state index contributed by atoms with van der Waals surface area (Å²) in [5.74, 6) is -1.01. The van der Waals surface area contributed by atoms with E-state index in [-0.39, 0.29) is 6.54 Å². The summed E-state index contributed by atoms with van der Waals surface area (Å²) in [4.78, 5) is 0. The molecule has 1 aliphatic rings. The Bertz CT molecular complexity index is 516. The number of nitrogens with two attached hydrogens (primary N) is 1. The van der Waals surface area contributed by atoms with E-state index in [4.69, 9.17) is 38.4 Å². The van der Waals surface area contributed by atoms with Crippen LogP contribution in [-0.4, -0.2) is 31.1 Å². The van der Waals surface area contributed by atoms with Crippen LogP contribution in [0.5, 0.6) is 0 Å². The molecule has 1 aliphatic heterocycles. The molecular weight excluding hydrogens is 301 g/mol. The van der Waals surface area contributed by atoms with Gasteiger partial charge in [-0.3, -0.25) is 5.01 Å². The third-order valence-corrected chi connectivity index (χ3v) is 3.44. The lowest BCUT2D eigenvalue weighted by atomic mass is 10.1.